The summed E-state index contributed by atoms with van der Waals surface area (Å²) in [5, 5.41) is 15.2. The van der Waals surface area contributed by atoms with Crippen LogP contribution in [0.15, 0.2) is 29.3 Å². The van der Waals surface area contributed by atoms with Crippen molar-refractivity contribution in [1.82, 2.24) is 20.1 Å². The number of nitriles is 1. The first-order valence-electron chi connectivity index (χ1n) is 10.2. The first-order valence-corrected chi connectivity index (χ1v) is 10.2. The highest BCUT2D eigenvalue weighted by Crippen LogP contribution is 2.14. The molecule has 1 aliphatic rings. The number of hydrogen-bond donors (Lipinski definition) is 1. The molecule has 1 aliphatic heterocycles. The molecule has 0 atom stereocenters. The van der Waals surface area contributed by atoms with Gasteiger partial charge in [0.05, 0.1) is 24.1 Å². The van der Waals surface area contributed by atoms with Gasteiger partial charge in [-0.1, -0.05) is 0 Å². The molecule has 30 heavy (non-hydrogen) atoms. The average molecular weight is 412 g/mol. The largest absolute Gasteiger partial charge is 0.380 e. The Balaban J connectivity index is 1.29. The first kappa shape index (κ1) is 21.7. The van der Waals surface area contributed by atoms with E-state index in [-0.39, 0.29) is 5.56 Å². The van der Waals surface area contributed by atoms with Gasteiger partial charge in [0.1, 0.15) is 11.9 Å². The van der Waals surface area contributed by atoms with Gasteiger partial charge in [-0.3, -0.25) is 9.69 Å². The van der Waals surface area contributed by atoms with Crippen LogP contribution in [0.2, 0.25) is 0 Å². The van der Waals surface area contributed by atoms with E-state index in [0.29, 0.717) is 24.3 Å². The van der Waals surface area contributed by atoms with Crippen molar-refractivity contribution in [2.75, 3.05) is 69.3 Å². The summed E-state index contributed by atoms with van der Waals surface area (Å²) in [7, 11) is 1.94. The van der Waals surface area contributed by atoms with Crippen LogP contribution in [0.5, 0.6) is 0 Å². The van der Waals surface area contributed by atoms with Crippen molar-refractivity contribution >= 4 is 11.5 Å². The number of nitrogens with zero attached hydrogens (tertiary/aromatic N) is 6. The van der Waals surface area contributed by atoms with Gasteiger partial charge in [-0.25, -0.2) is 10.1 Å². The van der Waals surface area contributed by atoms with E-state index in [1.165, 1.54) is 0 Å². The van der Waals surface area contributed by atoms with Gasteiger partial charge in [0, 0.05) is 64.7 Å². The van der Waals surface area contributed by atoms with Crippen LogP contribution in [0.1, 0.15) is 17.5 Å². The van der Waals surface area contributed by atoms with Gasteiger partial charge in [-0.15, -0.1) is 0 Å². The maximum atomic E-state index is 11.6. The van der Waals surface area contributed by atoms with Crippen LogP contribution >= 0.6 is 0 Å². The maximum absolute atomic E-state index is 11.6. The summed E-state index contributed by atoms with van der Waals surface area (Å²) in [6, 6.07) is 5.84. The van der Waals surface area contributed by atoms with Crippen molar-refractivity contribution < 1.29 is 4.74 Å². The van der Waals surface area contributed by atoms with Gasteiger partial charge in [-0.05, 0) is 25.5 Å². The molecule has 3 rings (SSSR count). The third kappa shape index (κ3) is 5.78. The molecule has 2 aromatic rings. The van der Waals surface area contributed by atoms with Gasteiger partial charge in [-0.2, -0.15) is 10.4 Å². The number of hydrogen-bond acceptors (Lipinski definition) is 8. The molecular formula is C21H29N7O2. The highest BCUT2D eigenvalue weighted by Gasteiger charge is 2.17. The zero-order chi connectivity index (χ0) is 21.3. The van der Waals surface area contributed by atoms with Crippen molar-refractivity contribution in [1.29, 1.82) is 5.26 Å². The molecule has 0 spiro atoms. The Morgan fingerprint density at radius 3 is 2.73 bits per heavy atom. The number of ether oxygens (including phenoxy) is 1. The predicted molar refractivity (Wildman–Crippen MR) is 116 cm³/mol. The molecule has 0 amide bonds. The number of piperazine rings is 1. The molecule has 2 aromatic heterocycles. The standard InChI is InChI=1S/C21H29N7O2/c1-17-19(16-24-25-21(17)29)26(2)11-13-30-12-3-6-27-7-9-28(10-8-27)20-5-4-18(14-22)15-23-20/h4-5,15-16H,3,6-13H2,1-2H3,(H,25,29). The molecule has 1 fully saturated rings. The van der Waals surface area contributed by atoms with Crippen LogP contribution in [-0.2, 0) is 4.74 Å². The van der Waals surface area contributed by atoms with Crippen LogP contribution in [-0.4, -0.2) is 79.6 Å². The van der Waals surface area contributed by atoms with E-state index >= 15 is 0 Å². The van der Waals surface area contributed by atoms with E-state index in [1.807, 2.05) is 24.1 Å². The second kappa shape index (κ2) is 10.7. The molecule has 9 heteroatoms. The molecule has 0 unspecified atom stereocenters. The Kier molecular flexibility index (Phi) is 7.76. The fraction of sp³-hybridized carbons (Fsp3) is 0.524. The van der Waals surface area contributed by atoms with Crippen molar-refractivity contribution in [3.8, 4) is 6.07 Å². The molecule has 0 aliphatic carbocycles. The van der Waals surface area contributed by atoms with Gasteiger partial charge >= 0.3 is 0 Å². The Morgan fingerprint density at radius 2 is 2.03 bits per heavy atom. The minimum atomic E-state index is -0.157. The van der Waals surface area contributed by atoms with Crippen LogP contribution in [0.4, 0.5) is 11.5 Å². The van der Waals surface area contributed by atoms with E-state index in [2.05, 4.69) is 31.1 Å². The molecule has 1 N–H and O–H groups in total. The fourth-order valence-electron chi connectivity index (χ4n) is 3.49. The van der Waals surface area contributed by atoms with E-state index in [4.69, 9.17) is 10.00 Å². The molecule has 0 saturated carbocycles. The molecule has 9 nitrogen and oxygen atoms in total. The number of aromatic nitrogens is 3. The molecule has 1 saturated heterocycles. The second-order valence-electron chi connectivity index (χ2n) is 7.44. The highest BCUT2D eigenvalue weighted by molar-refractivity contribution is 5.49. The summed E-state index contributed by atoms with van der Waals surface area (Å²) in [6.45, 7) is 8.73. The fourth-order valence-corrected chi connectivity index (χ4v) is 3.49. The van der Waals surface area contributed by atoms with Gasteiger partial charge in [0.2, 0.25) is 0 Å². The normalized spacial score (nSPS) is 14.5. The molecular weight excluding hydrogens is 382 g/mol. The first-order chi connectivity index (χ1) is 14.6. The van der Waals surface area contributed by atoms with Crippen LogP contribution in [0.25, 0.3) is 0 Å². The van der Waals surface area contributed by atoms with Crippen LogP contribution in [0, 0.1) is 18.3 Å². The number of nitrogens with one attached hydrogen (secondary N) is 1. The smallest absolute Gasteiger partial charge is 0.269 e. The van der Waals surface area contributed by atoms with Gasteiger partial charge in [0.25, 0.3) is 5.56 Å². The lowest BCUT2D eigenvalue weighted by Gasteiger charge is -2.35. The Labute approximate surface area is 176 Å². The number of aromatic amines is 1. The van der Waals surface area contributed by atoms with Crippen molar-refractivity contribution in [3.05, 3.63) is 46.0 Å². The number of rotatable bonds is 9. The monoisotopic (exact) mass is 411 g/mol. The predicted octanol–water partition coefficient (Wildman–Crippen LogP) is 1.01. The minimum absolute atomic E-state index is 0.157. The van der Waals surface area contributed by atoms with Crippen LogP contribution < -0.4 is 15.4 Å². The van der Waals surface area contributed by atoms with E-state index < -0.39 is 0 Å². The summed E-state index contributed by atoms with van der Waals surface area (Å²) in [4.78, 5) is 22.7. The lowest BCUT2D eigenvalue weighted by molar-refractivity contribution is 0.125. The number of pyridine rings is 1. The van der Waals surface area contributed by atoms with Crippen molar-refractivity contribution in [3.63, 3.8) is 0 Å². The summed E-state index contributed by atoms with van der Waals surface area (Å²) < 4.78 is 5.78. The zero-order valence-corrected chi connectivity index (χ0v) is 17.7. The van der Waals surface area contributed by atoms with E-state index in [1.54, 1.807) is 19.3 Å². The zero-order valence-electron chi connectivity index (χ0n) is 17.7. The Hall–Kier alpha value is -2.96. The summed E-state index contributed by atoms with van der Waals surface area (Å²) in [6.07, 6.45) is 4.29. The van der Waals surface area contributed by atoms with Gasteiger partial charge < -0.3 is 14.5 Å². The second-order valence-corrected chi connectivity index (χ2v) is 7.44. The van der Waals surface area contributed by atoms with E-state index in [0.717, 1.165) is 57.3 Å². The summed E-state index contributed by atoms with van der Waals surface area (Å²) >= 11 is 0. The minimum Gasteiger partial charge on any atom is -0.380 e. The Bertz CT molecular complexity index is 899. The molecule has 0 bridgehead atoms. The van der Waals surface area contributed by atoms with Gasteiger partial charge in [0.15, 0.2) is 0 Å². The number of H-pyrrole nitrogens is 1. The number of anilines is 2. The number of likely N-dealkylation sites (N-methyl/N-ethyl adjacent to an activating group) is 1. The third-order valence-corrected chi connectivity index (χ3v) is 5.40. The van der Waals surface area contributed by atoms with E-state index in [9.17, 15) is 4.79 Å². The maximum Gasteiger partial charge on any atom is 0.269 e. The molecule has 3 heterocycles. The average Bonchev–Trinajstić information content (AvgIpc) is 2.78. The SMILES string of the molecule is Cc1c(N(C)CCOCCCN2CCN(c3ccc(C#N)cn3)CC2)cn[nH]c1=O. The molecule has 0 radical (unpaired) electrons. The van der Waals surface area contributed by atoms with Crippen molar-refractivity contribution in [2.24, 2.45) is 0 Å². The molecule has 160 valence electrons. The Morgan fingerprint density at radius 1 is 1.23 bits per heavy atom. The topological polar surface area (TPSA) is 101 Å². The van der Waals surface area contributed by atoms with Crippen molar-refractivity contribution in [2.45, 2.75) is 13.3 Å². The molecule has 0 aromatic carbocycles. The summed E-state index contributed by atoms with van der Waals surface area (Å²) in [5.74, 6) is 0.937. The lowest BCUT2D eigenvalue weighted by atomic mass is 10.2. The quantitative estimate of drug-likeness (QED) is 0.610. The summed E-state index contributed by atoms with van der Waals surface area (Å²) in [5.41, 5.74) is 1.93. The van der Waals surface area contributed by atoms with Crippen LogP contribution in [0.3, 0.4) is 0 Å². The highest BCUT2D eigenvalue weighted by atomic mass is 16.5. The lowest BCUT2D eigenvalue weighted by Crippen LogP contribution is -2.47. The third-order valence-electron chi connectivity index (χ3n) is 5.40.